The molecule has 522 valence electrons. The summed E-state index contributed by atoms with van der Waals surface area (Å²) in [5, 5.41) is 7.21. The third-order valence-corrected chi connectivity index (χ3v) is 21.0. The topological polar surface area (TPSA) is 157 Å². The summed E-state index contributed by atoms with van der Waals surface area (Å²) < 4.78 is 78.7. The van der Waals surface area contributed by atoms with Crippen LogP contribution in [-0.2, 0) is 75.0 Å². The van der Waals surface area contributed by atoms with Crippen molar-refractivity contribution in [3.05, 3.63) is 225 Å². The zero-order valence-corrected chi connectivity index (χ0v) is 62.7. The molecule has 7 aromatic carbocycles. The van der Waals surface area contributed by atoms with Gasteiger partial charge in [0.15, 0.2) is 5.75 Å². The molecule has 7 aromatic rings. The van der Waals surface area contributed by atoms with E-state index in [0.717, 1.165) is 122 Å². The van der Waals surface area contributed by atoms with Gasteiger partial charge < -0.3 is 43.9 Å². The van der Waals surface area contributed by atoms with Gasteiger partial charge in [0.1, 0.15) is 0 Å². The molecule has 0 aromatic heterocycles. The first-order chi connectivity index (χ1) is 45.6. The van der Waals surface area contributed by atoms with Crippen molar-refractivity contribution in [1.29, 1.82) is 0 Å². The normalized spacial score (nSPS) is 16.4. The molecular formula is C70H83Cl8N5O10S3. The van der Waals surface area contributed by atoms with Crippen molar-refractivity contribution in [2.24, 2.45) is 0 Å². The fourth-order valence-electron chi connectivity index (χ4n) is 11.8. The lowest BCUT2D eigenvalue weighted by atomic mass is 9.85. The fraction of sp³-hybridized carbons (Fsp3) is 0.400. The Morgan fingerprint density at radius 2 is 0.938 bits per heavy atom. The average Bonchev–Trinajstić information content (AvgIpc) is 0.820. The van der Waals surface area contributed by atoms with E-state index >= 15 is 0 Å². The van der Waals surface area contributed by atoms with E-state index in [0.29, 0.717) is 77.0 Å². The molecule has 0 saturated heterocycles. The predicted octanol–water partition coefficient (Wildman–Crippen LogP) is 16.1. The second-order valence-electron chi connectivity index (χ2n) is 23.7. The Hall–Kier alpha value is -3.49. The summed E-state index contributed by atoms with van der Waals surface area (Å²) in [5.74, 6) is 0.761. The molecule has 96 heavy (non-hydrogen) atoms. The van der Waals surface area contributed by atoms with Crippen LogP contribution in [-0.4, -0.2) is 138 Å². The van der Waals surface area contributed by atoms with Gasteiger partial charge in [0.25, 0.3) is 9.05 Å². The van der Waals surface area contributed by atoms with E-state index < -0.39 is 19.1 Å². The highest BCUT2D eigenvalue weighted by Gasteiger charge is 2.31. The summed E-state index contributed by atoms with van der Waals surface area (Å²) in [7, 11) is 4.11. The molecule has 3 aliphatic rings. The van der Waals surface area contributed by atoms with Gasteiger partial charge in [-0.2, -0.15) is 0 Å². The minimum atomic E-state index is -3.76. The number of aryl methyl sites for hydroxylation is 1. The number of ether oxygens (including phenoxy) is 4. The van der Waals surface area contributed by atoms with Crippen molar-refractivity contribution in [3.8, 4) is 5.75 Å². The van der Waals surface area contributed by atoms with Gasteiger partial charge in [-0.05, 0) is 181 Å². The molecule has 0 fully saturated rings. The second kappa shape index (κ2) is 39.6. The zero-order valence-electron chi connectivity index (χ0n) is 54.0. The number of nitrogens with one attached hydrogen (secondary N) is 2. The zero-order chi connectivity index (χ0) is 68.1. The Bertz CT molecular complexity index is 3850. The first-order valence-corrected chi connectivity index (χ1v) is 37.8. The molecule has 15 nitrogen and oxygen atoms in total. The molecular weight excluding hydrogens is 1450 g/mol. The van der Waals surface area contributed by atoms with Crippen molar-refractivity contribution in [2.45, 2.75) is 86.3 Å². The molecule has 3 heterocycles. The maximum Gasteiger partial charge on any atom is 0.261 e. The summed E-state index contributed by atoms with van der Waals surface area (Å²) >= 11 is 41.5. The van der Waals surface area contributed by atoms with Crippen LogP contribution in [0.4, 0.5) is 0 Å². The van der Waals surface area contributed by atoms with Crippen molar-refractivity contribution < 1.29 is 45.0 Å². The smallest absolute Gasteiger partial charge is 0.261 e. The molecule has 3 aliphatic heterocycles. The summed E-state index contributed by atoms with van der Waals surface area (Å²) in [6.45, 7) is 13.2. The minimum absolute atomic E-state index is 0. The van der Waals surface area contributed by atoms with Crippen molar-refractivity contribution in [3.63, 3.8) is 0 Å². The number of sulfonamides is 1. The van der Waals surface area contributed by atoms with Crippen LogP contribution in [0.15, 0.2) is 143 Å². The third-order valence-electron chi connectivity index (χ3n) is 16.4. The van der Waals surface area contributed by atoms with Crippen molar-refractivity contribution in [1.82, 2.24) is 24.7 Å². The van der Waals surface area contributed by atoms with Crippen molar-refractivity contribution >= 4 is 125 Å². The monoisotopic (exact) mass is 1530 g/mol. The molecule has 0 radical (unpaired) electrons. The lowest BCUT2D eigenvalue weighted by molar-refractivity contribution is -0.0742. The number of fused-ring (bicyclic) bond motifs is 3. The molecule has 3 unspecified atom stereocenters. The fourth-order valence-corrected chi connectivity index (χ4v) is 15.5. The van der Waals surface area contributed by atoms with Gasteiger partial charge in [-0.15, -0.1) is 16.7 Å². The van der Waals surface area contributed by atoms with Gasteiger partial charge in [0, 0.05) is 144 Å². The minimum Gasteiger partial charge on any atom is -0.379 e. The standard InChI is InChI=1S/C38H53Cl2N3O6S.C16H14Cl3NO2S.C16H15Cl2NO2S.ClH/c1-3-16-46-20-22-48-18-14-41-27-31-12-10-30(11-13-31)7-4-5-17-47-21-23-49-19-15-42-50(44,45)34-9-6-8-32(24-34)36-28-43(2)29-37-35(36)25-33(39)26-38(37)40;1-20-8-14(10-3-2-4-12(5-10)23(19,21)22)13-6-11(17)7-16(18)15(13)9-20;1-19-8-14(10-2-4-12(5-3-10)20-21-22)13-6-11(17)7-16(18)15(13)9-19;/h6,8-13,24-26,36,41-42H,3-5,7,14-23,27-29H2,1-2H3;2-7,14H,8-9H2,1H3;2-7,14,22H,8-9H2,1H3;1H. The van der Waals surface area contributed by atoms with Gasteiger partial charge in [0.2, 0.25) is 10.0 Å². The number of unbranched alkanes of at least 4 members (excludes halogenated alkanes) is 1. The van der Waals surface area contributed by atoms with Gasteiger partial charge in [-0.3, -0.25) is 0 Å². The molecule has 10 rings (SSSR count). The van der Waals surface area contributed by atoms with Crippen LogP contribution in [0, 0.1) is 0 Å². The molecule has 2 N–H and O–H groups in total. The van der Waals surface area contributed by atoms with Gasteiger partial charge in [-0.1, -0.05) is 137 Å². The highest BCUT2D eigenvalue weighted by molar-refractivity contribution is 8.13. The van der Waals surface area contributed by atoms with E-state index in [-0.39, 0.29) is 53.1 Å². The summed E-state index contributed by atoms with van der Waals surface area (Å²) in [6.07, 6.45) is 4.06. The number of likely N-dealkylation sites (N-methyl/N-ethyl adjacent to an activating group) is 3. The summed E-state index contributed by atoms with van der Waals surface area (Å²) in [6, 6.07) is 41.4. The van der Waals surface area contributed by atoms with E-state index in [2.05, 4.69) is 80.2 Å². The highest BCUT2D eigenvalue weighted by atomic mass is 35.7. The highest BCUT2D eigenvalue weighted by Crippen LogP contribution is 2.42. The van der Waals surface area contributed by atoms with Gasteiger partial charge in [0.05, 0.1) is 49.4 Å². The number of halogens is 8. The van der Waals surface area contributed by atoms with Crippen LogP contribution in [0.3, 0.4) is 0 Å². The van der Waals surface area contributed by atoms with Crippen molar-refractivity contribution in [2.75, 3.05) is 107 Å². The predicted molar refractivity (Wildman–Crippen MR) is 394 cm³/mol. The Balaban J connectivity index is 0.000000232. The Morgan fingerprint density at radius 1 is 0.500 bits per heavy atom. The first kappa shape index (κ1) is 79.8. The molecule has 0 amide bonds. The molecule has 0 aliphatic carbocycles. The van der Waals surface area contributed by atoms with E-state index in [1.54, 1.807) is 48.5 Å². The van der Waals surface area contributed by atoms with Crippen LogP contribution in [0.2, 0.25) is 30.1 Å². The average molecular weight is 1530 g/mol. The van der Waals surface area contributed by atoms with E-state index in [4.69, 9.17) is 104 Å². The summed E-state index contributed by atoms with van der Waals surface area (Å²) in [4.78, 5) is 11.8. The molecule has 0 spiro atoms. The molecule has 3 atom stereocenters. The number of hydrogen-bond donors (Lipinski definition) is 3. The van der Waals surface area contributed by atoms with Crippen LogP contribution in [0.1, 0.15) is 105 Å². The first-order valence-electron chi connectivity index (χ1n) is 31.4. The Labute approximate surface area is 613 Å². The van der Waals surface area contributed by atoms with Crippen LogP contribution in [0.25, 0.3) is 0 Å². The third kappa shape index (κ3) is 24.1. The molecule has 0 bridgehead atoms. The summed E-state index contributed by atoms with van der Waals surface area (Å²) in [5.41, 5.74) is 12.0. The Kier molecular flexibility index (Phi) is 33.0. The number of nitrogens with zero attached hydrogens (tertiary/aromatic N) is 3. The van der Waals surface area contributed by atoms with Crippen LogP contribution in [0.5, 0.6) is 5.75 Å². The van der Waals surface area contributed by atoms with Gasteiger partial charge >= 0.3 is 0 Å². The van der Waals surface area contributed by atoms with E-state index in [1.807, 2.05) is 68.7 Å². The number of rotatable bonds is 29. The maximum atomic E-state index is 13.1. The second-order valence-corrected chi connectivity index (χ2v) is 30.7. The van der Waals surface area contributed by atoms with Crippen LogP contribution >= 0.6 is 106 Å². The molecule has 26 heteroatoms. The number of benzene rings is 7. The lowest BCUT2D eigenvalue weighted by Gasteiger charge is -2.33. The molecule has 0 saturated carbocycles. The SMILES string of the molecule is CCCOCCOCCNCc1ccc(CCCCOCCOCCNS(=O)(=O)c2cccc(C3CN(C)Cc4c(Cl)cc(Cl)cc43)c2)cc1.CN1Cc2c(Cl)cc(Cl)cc2C(c2ccc(OOS)cc2)C1.CN1Cc2c(Cl)cc(Cl)cc2C(c2cccc(S(=O)(=O)Cl)c2)C1.Cl. The lowest BCUT2D eigenvalue weighted by Crippen LogP contribution is -2.31. The van der Waals surface area contributed by atoms with Gasteiger partial charge in [-0.25, -0.2) is 21.6 Å². The number of hydrogen-bond acceptors (Lipinski definition) is 15. The largest absolute Gasteiger partial charge is 0.379 e. The van der Waals surface area contributed by atoms with E-state index in [9.17, 15) is 16.8 Å². The quantitative estimate of drug-likeness (QED) is 0.0102. The maximum absolute atomic E-state index is 13.1. The number of thiol groups is 1. The van der Waals surface area contributed by atoms with E-state index in [1.165, 1.54) is 28.3 Å². The Morgan fingerprint density at radius 3 is 1.42 bits per heavy atom. The van der Waals surface area contributed by atoms with Crippen LogP contribution < -0.4 is 14.9 Å².